The Bertz CT molecular complexity index is 1620. The molecule has 7 nitrogen and oxygen atoms in total. The molecule has 3 aromatic heterocycles. The Morgan fingerprint density at radius 1 is 1.08 bits per heavy atom. The van der Waals surface area contributed by atoms with Gasteiger partial charge in [-0.25, -0.2) is 4.98 Å². The molecule has 0 spiro atoms. The second-order valence-electron chi connectivity index (χ2n) is 10.1. The number of piperidine rings is 1. The highest BCUT2D eigenvalue weighted by atomic mass is 32.2. The number of carbonyl (C=O) groups excluding carboxylic acids is 1. The average molecular weight is 557 g/mol. The quantitative estimate of drug-likeness (QED) is 0.231. The molecular formula is C30H28N4O3S2. The number of fused-ring (bicyclic) bond motifs is 1. The van der Waals surface area contributed by atoms with Crippen LogP contribution in [0.3, 0.4) is 0 Å². The first-order valence-electron chi connectivity index (χ1n) is 13.1. The molecule has 0 aliphatic carbocycles. The predicted octanol–water partition coefficient (Wildman–Crippen LogP) is 5.46. The summed E-state index contributed by atoms with van der Waals surface area (Å²) < 4.78 is 7.42. The molecule has 0 N–H and O–H groups in total. The second-order valence-corrected chi connectivity index (χ2v) is 11.7. The lowest BCUT2D eigenvalue weighted by molar-refractivity contribution is -0.122. The van der Waals surface area contributed by atoms with Crippen molar-refractivity contribution in [2.45, 2.75) is 32.7 Å². The van der Waals surface area contributed by atoms with E-state index < -0.39 is 0 Å². The number of thiocarbonyl (C=S) groups is 1. The van der Waals surface area contributed by atoms with Gasteiger partial charge in [0.2, 0.25) is 0 Å². The van der Waals surface area contributed by atoms with E-state index in [4.69, 9.17) is 21.6 Å². The lowest BCUT2D eigenvalue weighted by Crippen LogP contribution is -2.37. The van der Waals surface area contributed by atoms with Gasteiger partial charge >= 0.3 is 0 Å². The number of furan rings is 1. The molecule has 198 valence electrons. The maximum atomic E-state index is 13.8. The Morgan fingerprint density at radius 2 is 1.87 bits per heavy atom. The molecule has 2 saturated heterocycles. The number of hydrogen-bond donors (Lipinski definition) is 0. The van der Waals surface area contributed by atoms with Crippen molar-refractivity contribution in [3.8, 4) is 0 Å². The molecular weight excluding hydrogens is 528 g/mol. The maximum absolute atomic E-state index is 13.8. The summed E-state index contributed by atoms with van der Waals surface area (Å²) >= 11 is 6.72. The van der Waals surface area contributed by atoms with E-state index in [0.29, 0.717) is 37.9 Å². The summed E-state index contributed by atoms with van der Waals surface area (Å²) in [6.45, 7) is 3.79. The van der Waals surface area contributed by atoms with E-state index in [0.717, 1.165) is 37.9 Å². The minimum absolute atomic E-state index is 0.193. The fourth-order valence-electron chi connectivity index (χ4n) is 5.24. The van der Waals surface area contributed by atoms with Crippen molar-refractivity contribution >= 4 is 51.7 Å². The fraction of sp³-hybridized carbons (Fsp3) is 0.267. The first-order chi connectivity index (χ1) is 19.0. The lowest BCUT2D eigenvalue weighted by Gasteiger charge is -2.33. The summed E-state index contributed by atoms with van der Waals surface area (Å²) in [7, 11) is 0. The number of aromatic nitrogens is 2. The van der Waals surface area contributed by atoms with E-state index in [1.165, 1.54) is 22.2 Å². The van der Waals surface area contributed by atoms with Gasteiger partial charge in [0, 0.05) is 19.3 Å². The van der Waals surface area contributed by atoms with Crippen molar-refractivity contribution in [2.75, 3.05) is 18.0 Å². The van der Waals surface area contributed by atoms with Crippen LogP contribution < -0.4 is 10.5 Å². The molecule has 4 aromatic rings. The zero-order chi connectivity index (χ0) is 26.9. The van der Waals surface area contributed by atoms with E-state index in [9.17, 15) is 9.59 Å². The number of pyridine rings is 1. The third-order valence-corrected chi connectivity index (χ3v) is 8.69. The fourth-order valence-corrected chi connectivity index (χ4v) is 6.47. The first-order valence-corrected chi connectivity index (χ1v) is 14.3. The molecule has 2 fully saturated rings. The topological polar surface area (TPSA) is 71.1 Å². The van der Waals surface area contributed by atoms with Gasteiger partial charge in [-0.2, -0.15) is 0 Å². The molecule has 39 heavy (non-hydrogen) atoms. The second kappa shape index (κ2) is 10.8. The Labute approximate surface area is 236 Å². The number of hydrogen-bond acceptors (Lipinski definition) is 7. The zero-order valence-electron chi connectivity index (χ0n) is 21.6. The van der Waals surface area contributed by atoms with Gasteiger partial charge in [0.05, 0.1) is 23.3 Å². The van der Waals surface area contributed by atoms with E-state index >= 15 is 0 Å². The van der Waals surface area contributed by atoms with Crippen molar-refractivity contribution in [3.63, 3.8) is 0 Å². The van der Waals surface area contributed by atoms with Gasteiger partial charge in [-0.3, -0.25) is 18.9 Å². The summed E-state index contributed by atoms with van der Waals surface area (Å²) in [5.74, 6) is 1.62. The minimum atomic E-state index is -0.234. The van der Waals surface area contributed by atoms with Crippen molar-refractivity contribution in [2.24, 2.45) is 5.92 Å². The molecule has 0 atom stereocenters. The van der Waals surface area contributed by atoms with Gasteiger partial charge in [-0.05, 0) is 67.5 Å². The van der Waals surface area contributed by atoms with Crippen LogP contribution >= 0.6 is 24.0 Å². The van der Waals surface area contributed by atoms with Crippen LogP contribution in [0.4, 0.5) is 5.82 Å². The SMILES string of the molecule is Cc1ccc2nc(N3CCC(Cc4ccccc4)CC3)c(C=C3SC(=S)N(Cc4ccco4)C3=O)c(=O)n2c1. The van der Waals surface area contributed by atoms with Crippen LogP contribution in [0.2, 0.25) is 0 Å². The zero-order valence-corrected chi connectivity index (χ0v) is 23.2. The summed E-state index contributed by atoms with van der Waals surface area (Å²) in [4.78, 5) is 36.2. The highest BCUT2D eigenvalue weighted by Crippen LogP contribution is 2.35. The van der Waals surface area contributed by atoms with E-state index in [2.05, 4.69) is 29.2 Å². The molecule has 9 heteroatoms. The van der Waals surface area contributed by atoms with Crippen LogP contribution in [0.25, 0.3) is 11.7 Å². The van der Waals surface area contributed by atoms with E-state index in [1.807, 2.05) is 31.2 Å². The molecule has 0 bridgehead atoms. The number of thioether (sulfide) groups is 1. The molecule has 1 amide bonds. The van der Waals surface area contributed by atoms with Gasteiger partial charge in [-0.15, -0.1) is 0 Å². The molecule has 0 radical (unpaired) electrons. The molecule has 6 rings (SSSR count). The van der Waals surface area contributed by atoms with Crippen LogP contribution in [0.15, 0.2) is 81.2 Å². The summed E-state index contributed by atoms with van der Waals surface area (Å²) in [6.07, 6.45) is 8.11. The number of aryl methyl sites for hydroxylation is 1. The van der Waals surface area contributed by atoms with Crippen molar-refractivity contribution in [3.05, 3.63) is 105 Å². The third kappa shape index (κ3) is 5.29. The highest BCUT2D eigenvalue weighted by molar-refractivity contribution is 8.26. The smallest absolute Gasteiger partial charge is 0.267 e. The lowest BCUT2D eigenvalue weighted by atomic mass is 9.90. The third-order valence-electron chi connectivity index (χ3n) is 7.31. The first kappa shape index (κ1) is 25.6. The summed E-state index contributed by atoms with van der Waals surface area (Å²) in [5, 5.41) is 0. The van der Waals surface area contributed by atoms with E-state index in [-0.39, 0.29) is 18.0 Å². The summed E-state index contributed by atoms with van der Waals surface area (Å²) in [6, 6.07) is 18.0. The molecule has 0 unspecified atom stereocenters. The Balaban J connectivity index is 1.32. The van der Waals surface area contributed by atoms with Gasteiger partial charge in [0.1, 0.15) is 21.5 Å². The van der Waals surface area contributed by atoms with Crippen LogP contribution in [0.1, 0.15) is 35.3 Å². The van der Waals surface area contributed by atoms with Gasteiger partial charge in [-0.1, -0.05) is 60.4 Å². The van der Waals surface area contributed by atoms with Crippen LogP contribution in [-0.4, -0.2) is 37.6 Å². The van der Waals surface area contributed by atoms with Gasteiger partial charge in [0.25, 0.3) is 11.5 Å². The molecule has 1 aromatic carbocycles. The minimum Gasteiger partial charge on any atom is -0.467 e. The van der Waals surface area contributed by atoms with Gasteiger partial charge < -0.3 is 9.32 Å². The Hall–Kier alpha value is -3.69. The predicted molar refractivity (Wildman–Crippen MR) is 159 cm³/mol. The normalized spacial score (nSPS) is 17.6. The number of nitrogens with zero attached hydrogens (tertiary/aromatic N) is 4. The Morgan fingerprint density at radius 3 is 2.62 bits per heavy atom. The van der Waals surface area contributed by atoms with Crippen molar-refractivity contribution in [1.82, 2.24) is 14.3 Å². The Kier molecular flexibility index (Phi) is 7.10. The largest absolute Gasteiger partial charge is 0.467 e. The number of carbonyl (C=O) groups is 1. The molecule has 2 aliphatic rings. The maximum Gasteiger partial charge on any atom is 0.267 e. The average Bonchev–Trinajstić information content (AvgIpc) is 3.55. The molecule has 0 saturated carbocycles. The number of amides is 1. The van der Waals surface area contributed by atoms with Crippen LogP contribution in [0.5, 0.6) is 0 Å². The monoisotopic (exact) mass is 556 g/mol. The highest BCUT2D eigenvalue weighted by Gasteiger charge is 2.34. The summed E-state index contributed by atoms with van der Waals surface area (Å²) in [5.41, 5.74) is 3.12. The van der Waals surface area contributed by atoms with E-state index in [1.54, 1.807) is 29.0 Å². The number of benzene rings is 1. The van der Waals surface area contributed by atoms with Crippen molar-refractivity contribution in [1.29, 1.82) is 0 Å². The van der Waals surface area contributed by atoms with Crippen molar-refractivity contribution < 1.29 is 9.21 Å². The van der Waals surface area contributed by atoms with Crippen LogP contribution in [-0.2, 0) is 17.8 Å². The van der Waals surface area contributed by atoms with Gasteiger partial charge in [0.15, 0.2) is 0 Å². The number of rotatable bonds is 6. The molecule has 5 heterocycles. The molecule has 2 aliphatic heterocycles. The van der Waals surface area contributed by atoms with Crippen LogP contribution in [0, 0.1) is 12.8 Å². The number of anilines is 1. The standard InChI is InChI=1S/C30H28N4O3S2/c1-20-9-10-26-31-27(32-13-11-22(12-14-32)16-21-6-3-2-4-7-21)24(28(35)33(26)18-20)17-25-29(36)34(30(38)39-25)19-23-8-5-15-37-23/h2-10,15,17-18,22H,11-14,16,19H2,1H3.